The molecule has 24 heavy (non-hydrogen) atoms. The molecule has 0 bridgehead atoms. The standard InChI is InChI=1S/C22H38N2/c1-16(2)17-6-8-19-18(14-17)7-9-20-21(3,15-24-13-12-23)10-5-11-22(19,20)4/h7,14,16,19-20,24H,5-6,8-13,15,23H2,1-4H3/t19-,20-,21-,22+/m0/s1. The van der Waals surface area contributed by atoms with Crippen LogP contribution in [0.5, 0.6) is 0 Å². The van der Waals surface area contributed by atoms with Crippen molar-refractivity contribution in [3.05, 3.63) is 23.3 Å². The quantitative estimate of drug-likeness (QED) is 0.719. The Bertz CT molecular complexity index is 518. The van der Waals surface area contributed by atoms with Gasteiger partial charge in [0.1, 0.15) is 0 Å². The minimum Gasteiger partial charge on any atom is -0.329 e. The van der Waals surface area contributed by atoms with E-state index in [2.05, 4.69) is 45.2 Å². The predicted octanol–water partition coefficient (Wildman–Crippen LogP) is 4.67. The van der Waals surface area contributed by atoms with Crippen molar-refractivity contribution < 1.29 is 0 Å². The van der Waals surface area contributed by atoms with Gasteiger partial charge in [0, 0.05) is 19.6 Å². The van der Waals surface area contributed by atoms with Crippen LogP contribution in [0.4, 0.5) is 0 Å². The van der Waals surface area contributed by atoms with E-state index in [-0.39, 0.29) is 0 Å². The molecule has 0 saturated heterocycles. The first-order chi connectivity index (χ1) is 11.4. The Hall–Kier alpha value is -0.600. The van der Waals surface area contributed by atoms with Gasteiger partial charge in [0.15, 0.2) is 0 Å². The normalized spacial score (nSPS) is 39.1. The van der Waals surface area contributed by atoms with Crippen LogP contribution in [-0.2, 0) is 0 Å². The van der Waals surface area contributed by atoms with E-state index in [9.17, 15) is 0 Å². The summed E-state index contributed by atoms with van der Waals surface area (Å²) in [4.78, 5) is 0. The van der Waals surface area contributed by atoms with E-state index in [0.29, 0.717) is 16.7 Å². The summed E-state index contributed by atoms with van der Waals surface area (Å²) in [6.45, 7) is 12.7. The molecule has 3 rings (SSSR count). The lowest BCUT2D eigenvalue weighted by Crippen LogP contribution is -2.53. The Kier molecular flexibility index (Phi) is 5.28. The van der Waals surface area contributed by atoms with E-state index in [1.807, 2.05) is 0 Å². The predicted molar refractivity (Wildman–Crippen MR) is 104 cm³/mol. The zero-order valence-electron chi connectivity index (χ0n) is 16.3. The summed E-state index contributed by atoms with van der Waals surface area (Å²) in [6.07, 6.45) is 13.3. The minimum atomic E-state index is 0.423. The molecule has 0 spiro atoms. The number of nitrogens with two attached hydrogens (primary N) is 1. The van der Waals surface area contributed by atoms with Crippen LogP contribution in [0.3, 0.4) is 0 Å². The summed E-state index contributed by atoms with van der Waals surface area (Å²) in [7, 11) is 0. The number of nitrogens with one attached hydrogen (secondary N) is 1. The van der Waals surface area contributed by atoms with E-state index in [1.54, 1.807) is 11.1 Å². The van der Waals surface area contributed by atoms with Gasteiger partial charge < -0.3 is 11.1 Å². The first-order valence-corrected chi connectivity index (χ1v) is 10.2. The van der Waals surface area contributed by atoms with Gasteiger partial charge in [-0.1, -0.05) is 51.8 Å². The monoisotopic (exact) mass is 330 g/mol. The Labute approximate surface area is 149 Å². The maximum atomic E-state index is 5.69. The molecular formula is C22H38N2. The lowest BCUT2D eigenvalue weighted by Gasteiger charge is -2.58. The van der Waals surface area contributed by atoms with E-state index in [0.717, 1.165) is 31.5 Å². The molecule has 2 heteroatoms. The van der Waals surface area contributed by atoms with Crippen molar-refractivity contribution in [3.8, 4) is 0 Å². The van der Waals surface area contributed by atoms with Crippen LogP contribution in [-0.4, -0.2) is 19.6 Å². The molecule has 3 aliphatic rings. The first kappa shape index (κ1) is 18.2. The highest BCUT2D eigenvalue weighted by Gasteiger charge is 2.53. The van der Waals surface area contributed by atoms with Crippen molar-refractivity contribution in [3.63, 3.8) is 0 Å². The third kappa shape index (κ3) is 3.12. The van der Waals surface area contributed by atoms with Gasteiger partial charge in [0.05, 0.1) is 0 Å². The summed E-state index contributed by atoms with van der Waals surface area (Å²) in [6, 6.07) is 0. The molecule has 0 heterocycles. The van der Waals surface area contributed by atoms with Crippen LogP contribution in [0.2, 0.25) is 0 Å². The average Bonchev–Trinajstić information content (AvgIpc) is 2.54. The molecule has 0 amide bonds. The zero-order valence-corrected chi connectivity index (χ0v) is 16.3. The smallest absolute Gasteiger partial charge is 0.00747 e. The molecular weight excluding hydrogens is 292 g/mol. The summed E-state index contributed by atoms with van der Waals surface area (Å²) >= 11 is 0. The van der Waals surface area contributed by atoms with Gasteiger partial charge in [-0.2, -0.15) is 0 Å². The molecule has 0 radical (unpaired) electrons. The van der Waals surface area contributed by atoms with Crippen molar-refractivity contribution >= 4 is 0 Å². The maximum Gasteiger partial charge on any atom is 0.00747 e. The summed E-state index contributed by atoms with van der Waals surface area (Å²) in [5.41, 5.74) is 9.94. The Balaban J connectivity index is 1.86. The molecule has 4 atom stereocenters. The highest BCUT2D eigenvalue weighted by Crippen LogP contribution is 2.61. The fourth-order valence-electron chi connectivity index (χ4n) is 6.16. The highest BCUT2D eigenvalue weighted by atomic mass is 14.9. The SMILES string of the molecule is CC(C)C1=CC2=CC[C@H]3[C@](C)(CNCCN)CCC[C@]3(C)[C@H]2CC1. The van der Waals surface area contributed by atoms with Crippen LogP contribution < -0.4 is 11.1 Å². The first-order valence-electron chi connectivity index (χ1n) is 10.2. The molecule has 3 N–H and O–H groups in total. The fourth-order valence-corrected chi connectivity index (χ4v) is 6.16. The van der Waals surface area contributed by atoms with Gasteiger partial charge in [-0.15, -0.1) is 0 Å². The third-order valence-corrected chi connectivity index (χ3v) is 7.55. The molecule has 2 nitrogen and oxygen atoms in total. The van der Waals surface area contributed by atoms with Gasteiger partial charge in [0.2, 0.25) is 0 Å². The molecule has 0 aromatic carbocycles. The molecule has 136 valence electrons. The van der Waals surface area contributed by atoms with Crippen molar-refractivity contribution in [1.82, 2.24) is 5.32 Å². The number of hydrogen-bond acceptors (Lipinski definition) is 2. The van der Waals surface area contributed by atoms with Crippen molar-refractivity contribution in [2.75, 3.05) is 19.6 Å². The van der Waals surface area contributed by atoms with Crippen LogP contribution in [0.25, 0.3) is 0 Å². The second-order valence-corrected chi connectivity index (χ2v) is 9.44. The molecule has 0 aromatic heterocycles. The highest BCUT2D eigenvalue weighted by molar-refractivity contribution is 5.35. The van der Waals surface area contributed by atoms with Gasteiger partial charge in [-0.25, -0.2) is 0 Å². The van der Waals surface area contributed by atoms with Crippen molar-refractivity contribution in [2.24, 2.45) is 34.3 Å². The average molecular weight is 331 g/mol. The Morgan fingerprint density at radius 3 is 2.79 bits per heavy atom. The minimum absolute atomic E-state index is 0.423. The van der Waals surface area contributed by atoms with Crippen LogP contribution in [0.1, 0.15) is 66.2 Å². The topological polar surface area (TPSA) is 38.0 Å². The fraction of sp³-hybridized carbons (Fsp3) is 0.818. The molecule has 1 saturated carbocycles. The molecule has 0 aromatic rings. The lowest BCUT2D eigenvalue weighted by atomic mass is 9.47. The Morgan fingerprint density at radius 1 is 1.29 bits per heavy atom. The second kappa shape index (κ2) is 6.96. The largest absolute Gasteiger partial charge is 0.329 e. The van der Waals surface area contributed by atoms with Crippen LogP contribution >= 0.6 is 0 Å². The van der Waals surface area contributed by atoms with Crippen LogP contribution in [0, 0.1) is 28.6 Å². The van der Waals surface area contributed by atoms with E-state index in [1.165, 1.54) is 38.5 Å². The molecule has 3 aliphatic carbocycles. The van der Waals surface area contributed by atoms with Crippen molar-refractivity contribution in [2.45, 2.75) is 66.2 Å². The maximum absolute atomic E-state index is 5.69. The number of allylic oxidation sites excluding steroid dienone is 4. The van der Waals surface area contributed by atoms with Gasteiger partial charge in [-0.05, 0) is 66.3 Å². The van der Waals surface area contributed by atoms with E-state index in [4.69, 9.17) is 5.73 Å². The van der Waals surface area contributed by atoms with E-state index >= 15 is 0 Å². The number of fused-ring (bicyclic) bond motifs is 3. The Morgan fingerprint density at radius 2 is 2.08 bits per heavy atom. The summed E-state index contributed by atoms with van der Waals surface area (Å²) in [5.74, 6) is 2.30. The van der Waals surface area contributed by atoms with Crippen molar-refractivity contribution in [1.29, 1.82) is 0 Å². The molecule has 1 fully saturated rings. The summed E-state index contributed by atoms with van der Waals surface area (Å²) in [5, 5.41) is 3.63. The zero-order chi connectivity index (χ0) is 17.4. The van der Waals surface area contributed by atoms with Crippen LogP contribution in [0.15, 0.2) is 23.3 Å². The second-order valence-electron chi connectivity index (χ2n) is 9.44. The molecule has 0 aliphatic heterocycles. The number of hydrogen-bond donors (Lipinski definition) is 2. The van der Waals surface area contributed by atoms with Gasteiger partial charge in [-0.3, -0.25) is 0 Å². The van der Waals surface area contributed by atoms with Gasteiger partial charge in [0.25, 0.3) is 0 Å². The lowest BCUT2D eigenvalue weighted by molar-refractivity contribution is -0.0476. The van der Waals surface area contributed by atoms with E-state index < -0.39 is 0 Å². The number of rotatable bonds is 5. The van der Waals surface area contributed by atoms with Gasteiger partial charge >= 0.3 is 0 Å². The summed E-state index contributed by atoms with van der Waals surface area (Å²) < 4.78 is 0. The molecule has 0 unspecified atom stereocenters. The third-order valence-electron chi connectivity index (χ3n) is 7.55.